The van der Waals surface area contributed by atoms with Gasteiger partial charge < -0.3 is 10.6 Å². The van der Waals surface area contributed by atoms with Crippen molar-refractivity contribution in [3.8, 4) is 0 Å². The second-order valence-electron chi connectivity index (χ2n) is 1.15. The molecule has 0 spiro atoms. The fourth-order valence-electron chi connectivity index (χ4n) is 0.186. The normalized spacial score (nSPS) is 11.0. The zero-order chi connectivity index (χ0) is 6.57. The lowest BCUT2D eigenvalue weighted by atomic mass is 10.4. The Kier molecular flexibility index (Phi) is 2.64. The van der Waals surface area contributed by atoms with Gasteiger partial charge in [0.2, 0.25) is 0 Å². The molecule has 0 aliphatic heterocycles. The standard InChI is InChI=1S/C4H8N2O2/c1-2-3(5)4(7)8-6/h2H,5-6H2,1H3/b3-2-. The van der Waals surface area contributed by atoms with Gasteiger partial charge in [0, 0.05) is 0 Å². The maximum absolute atomic E-state index is 10.2. The Morgan fingerprint density at radius 2 is 2.25 bits per heavy atom. The highest BCUT2D eigenvalue weighted by Gasteiger charge is 2.00. The molecule has 4 nitrogen and oxygen atoms in total. The van der Waals surface area contributed by atoms with Crippen LogP contribution in [0.15, 0.2) is 11.8 Å². The molecule has 0 heterocycles. The van der Waals surface area contributed by atoms with Crippen LogP contribution in [0.3, 0.4) is 0 Å². The molecule has 0 amide bonds. The van der Waals surface area contributed by atoms with Crippen LogP contribution in [-0.4, -0.2) is 5.97 Å². The summed E-state index contributed by atoms with van der Waals surface area (Å²) in [5.74, 6) is 3.78. The first-order valence-electron chi connectivity index (χ1n) is 2.05. The first-order valence-corrected chi connectivity index (χ1v) is 2.05. The molecule has 0 aromatic rings. The van der Waals surface area contributed by atoms with Gasteiger partial charge in [0.15, 0.2) is 0 Å². The van der Waals surface area contributed by atoms with E-state index in [1.807, 2.05) is 0 Å². The minimum atomic E-state index is -0.701. The molecule has 0 saturated carbocycles. The summed E-state index contributed by atoms with van der Waals surface area (Å²) in [6.07, 6.45) is 1.41. The average Bonchev–Trinajstić information content (AvgIpc) is 1.84. The van der Waals surface area contributed by atoms with Gasteiger partial charge in [-0.05, 0) is 6.92 Å². The zero-order valence-electron chi connectivity index (χ0n) is 4.55. The van der Waals surface area contributed by atoms with E-state index < -0.39 is 5.97 Å². The summed E-state index contributed by atoms with van der Waals surface area (Å²) in [6, 6.07) is 0. The molecule has 8 heavy (non-hydrogen) atoms. The molecule has 46 valence electrons. The molecule has 0 aliphatic rings. The fourth-order valence-corrected chi connectivity index (χ4v) is 0.186. The quantitative estimate of drug-likeness (QED) is 0.349. The van der Waals surface area contributed by atoms with E-state index in [4.69, 9.17) is 5.73 Å². The minimum absolute atomic E-state index is 0.0208. The Hall–Kier alpha value is -1.03. The van der Waals surface area contributed by atoms with Crippen LogP contribution in [0, 0.1) is 0 Å². The maximum Gasteiger partial charge on any atom is 0.372 e. The van der Waals surface area contributed by atoms with E-state index in [2.05, 4.69) is 10.7 Å². The molecular weight excluding hydrogens is 108 g/mol. The van der Waals surface area contributed by atoms with Crippen LogP contribution in [-0.2, 0) is 9.63 Å². The number of allylic oxidation sites excluding steroid dienone is 1. The number of rotatable bonds is 1. The third kappa shape index (κ3) is 1.61. The first-order chi connectivity index (χ1) is 3.72. The van der Waals surface area contributed by atoms with Crippen LogP contribution in [0.2, 0.25) is 0 Å². The van der Waals surface area contributed by atoms with Crippen LogP contribution in [0.1, 0.15) is 6.92 Å². The largest absolute Gasteiger partial charge is 0.393 e. The van der Waals surface area contributed by atoms with Gasteiger partial charge in [-0.2, -0.15) is 5.90 Å². The summed E-state index contributed by atoms with van der Waals surface area (Å²) >= 11 is 0. The predicted octanol–water partition coefficient (Wildman–Crippen LogP) is -0.734. The lowest BCUT2D eigenvalue weighted by Crippen LogP contribution is -2.17. The van der Waals surface area contributed by atoms with Crippen molar-refractivity contribution >= 4 is 5.97 Å². The summed E-state index contributed by atoms with van der Waals surface area (Å²) in [7, 11) is 0. The van der Waals surface area contributed by atoms with Crippen molar-refractivity contribution in [3.05, 3.63) is 11.8 Å². The van der Waals surface area contributed by atoms with E-state index in [-0.39, 0.29) is 5.70 Å². The van der Waals surface area contributed by atoms with Crippen molar-refractivity contribution in [1.82, 2.24) is 0 Å². The average molecular weight is 116 g/mol. The molecule has 0 saturated heterocycles. The highest BCUT2D eigenvalue weighted by molar-refractivity contribution is 5.86. The van der Waals surface area contributed by atoms with E-state index in [1.165, 1.54) is 6.08 Å². The highest BCUT2D eigenvalue weighted by Crippen LogP contribution is 1.82. The first kappa shape index (κ1) is 6.97. The monoisotopic (exact) mass is 116 g/mol. The Morgan fingerprint density at radius 1 is 1.75 bits per heavy atom. The minimum Gasteiger partial charge on any atom is -0.393 e. The zero-order valence-corrected chi connectivity index (χ0v) is 4.55. The van der Waals surface area contributed by atoms with Crippen LogP contribution in [0.4, 0.5) is 0 Å². The molecule has 4 heteroatoms. The van der Waals surface area contributed by atoms with Gasteiger partial charge in [-0.3, -0.25) is 0 Å². The molecule has 0 aromatic heterocycles. The Labute approximate surface area is 47.1 Å². The molecule has 0 radical (unpaired) electrons. The topological polar surface area (TPSA) is 78.3 Å². The molecule has 0 rings (SSSR count). The van der Waals surface area contributed by atoms with Crippen molar-refractivity contribution in [2.75, 3.05) is 0 Å². The SMILES string of the molecule is C/C=C(\N)C(=O)ON. The molecule has 0 fully saturated rings. The molecular formula is C4H8N2O2. The van der Waals surface area contributed by atoms with E-state index in [0.717, 1.165) is 0 Å². The van der Waals surface area contributed by atoms with Gasteiger partial charge in [0.25, 0.3) is 0 Å². The fraction of sp³-hybridized carbons (Fsp3) is 0.250. The molecule has 0 aromatic carbocycles. The Morgan fingerprint density at radius 3 is 2.38 bits per heavy atom. The molecule has 0 bridgehead atoms. The van der Waals surface area contributed by atoms with Gasteiger partial charge in [0.1, 0.15) is 5.70 Å². The van der Waals surface area contributed by atoms with Crippen molar-refractivity contribution in [2.24, 2.45) is 11.6 Å². The number of carbonyl (C=O) groups excluding carboxylic acids is 1. The van der Waals surface area contributed by atoms with Crippen LogP contribution >= 0.6 is 0 Å². The van der Waals surface area contributed by atoms with Gasteiger partial charge in [0.05, 0.1) is 0 Å². The van der Waals surface area contributed by atoms with Gasteiger partial charge >= 0.3 is 5.97 Å². The maximum atomic E-state index is 10.2. The summed E-state index contributed by atoms with van der Waals surface area (Å²) in [6.45, 7) is 1.62. The van der Waals surface area contributed by atoms with Gasteiger partial charge in [-0.1, -0.05) is 6.08 Å². The Bertz CT molecular complexity index is 119. The number of nitrogens with two attached hydrogens (primary N) is 2. The van der Waals surface area contributed by atoms with Crippen LogP contribution in [0.25, 0.3) is 0 Å². The Balaban J connectivity index is 3.83. The molecule has 0 aliphatic carbocycles. The summed E-state index contributed by atoms with van der Waals surface area (Å²) in [5, 5.41) is 0. The summed E-state index contributed by atoms with van der Waals surface area (Å²) in [5.41, 5.74) is 5.05. The lowest BCUT2D eigenvalue weighted by Gasteiger charge is -1.92. The van der Waals surface area contributed by atoms with E-state index >= 15 is 0 Å². The van der Waals surface area contributed by atoms with Crippen LogP contribution < -0.4 is 11.6 Å². The smallest absolute Gasteiger partial charge is 0.372 e. The second-order valence-corrected chi connectivity index (χ2v) is 1.15. The van der Waals surface area contributed by atoms with Crippen molar-refractivity contribution in [3.63, 3.8) is 0 Å². The number of carbonyl (C=O) groups is 1. The lowest BCUT2D eigenvalue weighted by molar-refractivity contribution is -0.139. The second kappa shape index (κ2) is 3.04. The number of hydrogen-bond acceptors (Lipinski definition) is 4. The van der Waals surface area contributed by atoms with Gasteiger partial charge in [-0.25, -0.2) is 4.79 Å². The highest BCUT2D eigenvalue weighted by atomic mass is 16.7. The molecule has 0 atom stereocenters. The van der Waals surface area contributed by atoms with Crippen molar-refractivity contribution < 1.29 is 9.63 Å². The van der Waals surface area contributed by atoms with Crippen molar-refractivity contribution in [2.45, 2.75) is 6.92 Å². The molecule has 4 N–H and O–H groups in total. The third-order valence-electron chi connectivity index (χ3n) is 0.654. The van der Waals surface area contributed by atoms with Crippen molar-refractivity contribution in [1.29, 1.82) is 0 Å². The van der Waals surface area contributed by atoms with E-state index in [0.29, 0.717) is 0 Å². The van der Waals surface area contributed by atoms with Gasteiger partial charge in [-0.15, -0.1) is 0 Å². The summed E-state index contributed by atoms with van der Waals surface area (Å²) < 4.78 is 0. The van der Waals surface area contributed by atoms with Crippen LogP contribution in [0.5, 0.6) is 0 Å². The molecule has 0 unspecified atom stereocenters. The third-order valence-corrected chi connectivity index (χ3v) is 0.654. The van der Waals surface area contributed by atoms with E-state index in [1.54, 1.807) is 6.92 Å². The van der Waals surface area contributed by atoms with E-state index in [9.17, 15) is 4.79 Å². The summed E-state index contributed by atoms with van der Waals surface area (Å²) in [4.78, 5) is 14.0. The number of hydrogen-bond donors (Lipinski definition) is 2. The predicted molar refractivity (Wildman–Crippen MR) is 28.2 cm³/mol.